The average molecular weight is 378 g/mol. The van der Waals surface area contributed by atoms with Crippen LogP contribution in [-0.4, -0.2) is 48.4 Å². The summed E-state index contributed by atoms with van der Waals surface area (Å²) in [6, 6.07) is 7.07. The minimum Gasteiger partial charge on any atom is -0.337 e. The number of rotatable bonds is 5. The number of hydrogen-bond donors (Lipinski definition) is 1. The van der Waals surface area contributed by atoms with Gasteiger partial charge in [-0.3, -0.25) is 4.79 Å². The van der Waals surface area contributed by atoms with E-state index in [-0.39, 0.29) is 34.9 Å². The molecule has 1 amide bonds. The second-order valence-electron chi connectivity index (χ2n) is 6.02. The van der Waals surface area contributed by atoms with E-state index in [2.05, 4.69) is 15.3 Å². The Balaban J connectivity index is 1.81. The lowest BCUT2D eigenvalue weighted by atomic mass is 10.2. The zero-order valence-electron chi connectivity index (χ0n) is 14.2. The molecule has 0 spiro atoms. The molecule has 2 aromatic rings. The molecule has 1 aromatic heterocycles. The SMILES string of the molecule is CCN(c1nccc(C(=O)Nc2ccccc2F)n1)C1CCS(=O)(=O)C1. The second kappa shape index (κ2) is 7.36. The highest BCUT2D eigenvalue weighted by atomic mass is 32.2. The largest absolute Gasteiger partial charge is 0.337 e. The molecule has 1 atom stereocenters. The summed E-state index contributed by atoms with van der Waals surface area (Å²) in [4.78, 5) is 22.6. The Kier molecular flexibility index (Phi) is 5.17. The van der Waals surface area contributed by atoms with Crippen LogP contribution in [0.15, 0.2) is 36.5 Å². The fraction of sp³-hybridized carbons (Fsp3) is 0.353. The molecule has 138 valence electrons. The Hall–Kier alpha value is -2.55. The summed E-state index contributed by atoms with van der Waals surface area (Å²) >= 11 is 0. The highest BCUT2D eigenvalue weighted by Crippen LogP contribution is 2.22. The summed E-state index contributed by atoms with van der Waals surface area (Å²) in [7, 11) is -3.05. The first-order valence-electron chi connectivity index (χ1n) is 8.25. The Morgan fingerprint density at radius 1 is 1.35 bits per heavy atom. The van der Waals surface area contributed by atoms with Gasteiger partial charge in [0.25, 0.3) is 5.91 Å². The van der Waals surface area contributed by atoms with Crippen molar-refractivity contribution in [2.45, 2.75) is 19.4 Å². The van der Waals surface area contributed by atoms with Crippen molar-refractivity contribution in [3.8, 4) is 0 Å². The van der Waals surface area contributed by atoms with Crippen LogP contribution in [0.25, 0.3) is 0 Å². The monoisotopic (exact) mass is 378 g/mol. The van der Waals surface area contributed by atoms with Crippen LogP contribution in [0.3, 0.4) is 0 Å². The summed E-state index contributed by atoms with van der Waals surface area (Å²) in [5.41, 5.74) is 0.143. The van der Waals surface area contributed by atoms with E-state index < -0.39 is 21.6 Å². The van der Waals surface area contributed by atoms with E-state index >= 15 is 0 Å². The molecule has 1 N–H and O–H groups in total. The van der Waals surface area contributed by atoms with Crippen LogP contribution in [-0.2, 0) is 9.84 Å². The van der Waals surface area contributed by atoms with Gasteiger partial charge >= 0.3 is 0 Å². The first kappa shape index (κ1) is 18.2. The summed E-state index contributed by atoms with van der Waals surface area (Å²) in [5.74, 6) is -0.622. The lowest BCUT2D eigenvalue weighted by molar-refractivity contribution is 0.102. The molecule has 0 radical (unpaired) electrons. The molecule has 1 unspecified atom stereocenters. The van der Waals surface area contributed by atoms with Gasteiger partial charge in [0.05, 0.1) is 17.2 Å². The Bertz CT molecular complexity index is 920. The van der Waals surface area contributed by atoms with Crippen LogP contribution >= 0.6 is 0 Å². The molecule has 1 fully saturated rings. The van der Waals surface area contributed by atoms with Crippen LogP contribution in [0.4, 0.5) is 16.0 Å². The van der Waals surface area contributed by atoms with E-state index in [4.69, 9.17) is 0 Å². The summed E-state index contributed by atoms with van der Waals surface area (Å²) in [5, 5.41) is 2.47. The number of halogens is 1. The van der Waals surface area contributed by atoms with Gasteiger partial charge in [0.1, 0.15) is 11.5 Å². The molecule has 3 rings (SSSR count). The van der Waals surface area contributed by atoms with Crippen molar-refractivity contribution in [1.29, 1.82) is 0 Å². The van der Waals surface area contributed by atoms with Crippen LogP contribution in [0.1, 0.15) is 23.8 Å². The summed E-state index contributed by atoms with van der Waals surface area (Å²) in [6.45, 7) is 2.39. The van der Waals surface area contributed by atoms with E-state index in [1.54, 1.807) is 11.0 Å². The fourth-order valence-corrected chi connectivity index (χ4v) is 4.68. The van der Waals surface area contributed by atoms with Gasteiger partial charge in [-0.25, -0.2) is 22.8 Å². The number of nitrogens with one attached hydrogen (secondary N) is 1. The fourth-order valence-electron chi connectivity index (χ4n) is 2.95. The van der Waals surface area contributed by atoms with E-state index in [1.165, 1.54) is 30.5 Å². The summed E-state index contributed by atoms with van der Waals surface area (Å²) in [6.07, 6.45) is 1.94. The number of nitrogens with zero attached hydrogens (tertiary/aromatic N) is 3. The second-order valence-corrected chi connectivity index (χ2v) is 8.25. The normalized spacial score (nSPS) is 18.5. The van der Waals surface area contributed by atoms with Gasteiger partial charge in [0.2, 0.25) is 5.95 Å². The van der Waals surface area contributed by atoms with Crippen molar-refractivity contribution in [1.82, 2.24) is 9.97 Å². The van der Waals surface area contributed by atoms with E-state index in [9.17, 15) is 17.6 Å². The summed E-state index contributed by atoms with van der Waals surface area (Å²) < 4.78 is 37.2. The molecule has 9 heteroatoms. The number of benzene rings is 1. The average Bonchev–Trinajstić information content (AvgIpc) is 2.97. The Morgan fingerprint density at radius 3 is 2.77 bits per heavy atom. The van der Waals surface area contributed by atoms with E-state index in [0.717, 1.165) is 0 Å². The van der Waals surface area contributed by atoms with Crippen molar-refractivity contribution in [3.05, 3.63) is 48.0 Å². The number of sulfone groups is 1. The van der Waals surface area contributed by atoms with Crippen molar-refractivity contribution in [2.24, 2.45) is 0 Å². The Labute approximate surface area is 151 Å². The van der Waals surface area contributed by atoms with Gasteiger partial charge in [0.15, 0.2) is 9.84 Å². The van der Waals surface area contributed by atoms with Crippen molar-refractivity contribution in [2.75, 3.05) is 28.3 Å². The first-order valence-corrected chi connectivity index (χ1v) is 10.1. The molecular weight excluding hydrogens is 359 g/mol. The predicted molar refractivity (Wildman–Crippen MR) is 96.5 cm³/mol. The number of hydrogen-bond acceptors (Lipinski definition) is 6. The molecule has 1 saturated heterocycles. The third-order valence-corrected chi connectivity index (χ3v) is 5.99. The number of carbonyl (C=O) groups excluding carboxylic acids is 1. The zero-order valence-corrected chi connectivity index (χ0v) is 15.0. The highest BCUT2D eigenvalue weighted by Gasteiger charge is 2.33. The number of anilines is 2. The first-order chi connectivity index (χ1) is 12.4. The van der Waals surface area contributed by atoms with Gasteiger partial charge in [-0.05, 0) is 31.5 Å². The number of amides is 1. The molecule has 0 bridgehead atoms. The lowest BCUT2D eigenvalue weighted by Gasteiger charge is -2.26. The van der Waals surface area contributed by atoms with Gasteiger partial charge in [-0.15, -0.1) is 0 Å². The van der Waals surface area contributed by atoms with Crippen LogP contribution in [0.5, 0.6) is 0 Å². The van der Waals surface area contributed by atoms with Crippen molar-refractivity contribution in [3.63, 3.8) is 0 Å². The molecule has 0 aliphatic carbocycles. The quantitative estimate of drug-likeness (QED) is 0.854. The van der Waals surface area contributed by atoms with Gasteiger partial charge < -0.3 is 10.2 Å². The van der Waals surface area contributed by atoms with Crippen LogP contribution in [0.2, 0.25) is 0 Å². The van der Waals surface area contributed by atoms with Crippen molar-refractivity contribution < 1.29 is 17.6 Å². The smallest absolute Gasteiger partial charge is 0.274 e. The molecule has 1 aliphatic heterocycles. The molecule has 26 heavy (non-hydrogen) atoms. The molecule has 7 nitrogen and oxygen atoms in total. The third kappa shape index (κ3) is 3.98. The van der Waals surface area contributed by atoms with Crippen LogP contribution in [0, 0.1) is 5.82 Å². The standard InChI is InChI=1S/C17H19FN4O3S/c1-2-22(12-8-10-26(24,25)11-12)17-19-9-7-15(21-17)16(23)20-14-6-4-3-5-13(14)18/h3-7,9,12H,2,8,10-11H2,1H3,(H,20,23). The maximum atomic E-state index is 13.7. The maximum absolute atomic E-state index is 13.7. The minimum absolute atomic E-state index is 0.0514. The molecule has 1 aliphatic rings. The van der Waals surface area contributed by atoms with Gasteiger partial charge in [0, 0.05) is 18.8 Å². The van der Waals surface area contributed by atoms with E-state index in [1.807, 2.05) is 6.92 Å². The predicted octanol–water partition coefficient (Wildman–Crippen LogP) is 1.88. The van der Waals surface area contributed by atoms with Crippen molar-refractivity contribution >= 4 is 27.4 Å². The highest BCUT2D eigenvalue weighted by molar-refractivity contribution is 7.91. The molecular formula is C17H19FN4O3S. The topological polar surface area (TPSA) is 92.3 Å². The van der Waals surface area contributed by atoms with Crippen LogP contribution < -0.4 is 10.2 Å². The van der Waals surface area contributed by atoms with Gasteiger partial charge in [-0.2, -0.15) is 0 Å². The lowest BCUT2D eigenvalue weighted by Crippen LogP contribution is -2.37. The maximum Gasteiger partial charge on any atom is 0.274 e. The Morgan fingerprint density at radius 2 is 2.12 bits per heavy atom. The number of aromatic nitrogens is 2. The number of para-hydroxylation sites is 1. The third-order valence-electron chi connectivity index (χ3n) is 4.24. The molecule has 0 saturated carbocycles. The number of carbonyl (C=O) groups is 1. The zero-order chi connectivity index (χ0) is 18.7. The molecule has 1 aromatic carbocycles. The molecule has 2 heterocycles. The van der Waals surface area contributed by atoms with E-state index in [0.29, 0.717) is 13.0 Å². The van der Waals surface area contributed by atoms with Gasteiger partial charge in [-0.1, -0.05) is 12.1 Å². The minimum atomic E-state index is -3.05.